The number of hydrogen-bond donors (Lipinski definition) is 1. The van der Waals surface area contributed by atoms with Crippen molar-refractivity contribution >= 4 is 0 Å². The fraction of sp³-hybridized carbons (Fsp3) is 1.00. The van der Waals surface area contributed by atoms with E-state index < -0.39 is 0 Å². The van der Waals surface area contributed by atoms with Gasteiger partial charge in [-0.2, -0.15) is 0 Å². The summed E-state index contributed by atoms with van der Waals surface area (Å²) in [6.07, 6.45) is 7.87. The first-order valence-corrected chi connectivity index (χ1v) is 6.69. The maximum absolute atomic E-state index is 5.94. The lowest BCUT2D eigenvalue weighted by molar-refractivity contribution is -0.0471. The van der Waals surface area contributed by atoms with Gasteiger partial charge in [-0.1, -0.05) is 13.8 Å². The van der Waals surface area contributed by atoms with Crippen molar-refractivity contribution in [2.45, 2.75) is 64.5 Å². The summed E-state index contributed by atoms with van der Waals surface area (Å²) in [5.74, 6) is 0. The third kappa shape index (κ3) is 2.21. The molecule has 88 valence electrons. The quantitative estimate of drug-likeness (QED) is 0.775. The van der Waals surface area contributed by atoms with Gasteiger partial charge < -0.3 is 5.73 Å². The molecule has 0 aromatic carbocycles. The van der Waals surface area contributed by atoms with Crippen molar-refractivity contribution in [2.75, 3.05) is 13.1 Å². The summed E-state index contributed by atoms with van der Waals surface area (Å²) in [7, 11) is 0. The first-order chi connectivity index (χ1) is 7.19. The van der Waals surface area contributed by atoms with Crippen molar-refractivity contribution in [3.8, 4) is 0 Å². The van der Waals surface area contributed by atoms with Gasteiger partial charge in [0, 0.05) is 25.2 Å². The highest BCUT2D eigenvalue weighted by Gasteiger charge is 2.42. The number of rotatable bonds is 3. The molecule has 1 saturated carbocycles. The molecular weight excluding hydrogens is 184 g/mol. The summed E-state index contributed by atoms with van der Waals surface area (Å²) in [6.45, 7) is 7.38. The number of hydrogen-bond acceptors (Lipinski definition) is 2. The largest absolute Gasteiger partial charge is 0.328 e. The third-order valence-corrected chi connectivity index (χ3v) is 4.83. The molecule has 2 aliphatic rings. The van der Waals surface area contributed by atoms with Crippen LogP contribution < -0.4 is 5.73 Å². The maximum Gasteiger partial charge on any atom is 0.00968 e. The fourth-order valence-corrected chi connectivity index (χ4v) is 3.24. The first-order valence-electron chi connectivity index (χ1n) is 6.69. The molecule has 0 unspecified atom stereocenters. The monoisotopic (exact) mass is 210 g/mol. The average Bonchev–Trinajstić information content (AvgIpc) is 2.20. The van der Waals surface area contributed by atoms with Crippen molar-refractivity contribution in [3.05, 3.63) is 0 Å². The molecule has 1 aliphatic carbocycles. The molecule has 0 radical (unpaired) electrons. The predicted octanol–water partition coefficient (Wildman–Crippen LogP) is 2.38. The highest BCUT2D eigenvalue weighted by atomic mass is 15.2. The zero-order valence-corrected chi connectivity index (χ0v) is 10.3. The van der Waals surface area contributed by atoms with Gasteiger partial charge >= 0.3 is 0 Å². The van der Waals surface area contributed by atoms with Crippen LogP contribution in [0.2, 0.25) is 0 Å². The van der Waals surface area contributed by atoms with Gasteiger partial charge in [-0.3, -0.25) is 4.90 Å². The lowest BCUT2D eigenvalue weighted by Crippen LogP contribution is -2.60. The Morgan fingerprint density at radius 1 is 1.07 bits per heavy atom. The topological polar surface area (TPSA) is 29.3 Å². The van der Waals surface area contributed by atoms with Crippen LogP contribution in [0.1, 0.15) is 52.4 Å². The minimum absolute atomic E-state index is 0.490. The molecule has 2 fully saturated rings. The van der Waals surface area contributed by atoms with E-state index in [0.29, 0.717) is 11.5 Å². The highest BCUT2D eigenvalue weighted by molar-refractivity contribution is 4.97. The molecule has 0 amide bonds. The Labute approximate surface area is 94.2 Å². The maximum atomic E-state index is 5.94. The standard InChI is InChI=1S/C13H26N2/c1-3-13(4-2)9-15(10-13)12-7-5-11(14)6-8-12/h11-12H,3-10,14H2,1-2H3. The zero-order chi connectivity index (χ0) is 10.9. The lowest BCUT2D eigenvalue weighted by Gasteiger charge is -2.54. The molecule has 2 N–H and O–H groups in total. The minimum Gasteiger partial charge on any atom is -0.328 e. The van der Waals surface area contributed by atoms with E-state index in [4.69, 9.17) is 5.73 Å². The molecule has 2 nitrogen and oxygen atoms in total. The second kappa shape index (κ2) is 4.42. The summed E-state index contributed by atoms with van der Waals surface area (Å²) in [5, 5.41) is 0. The van der Waals surface area contributed by atoms with Crippen LogP contribution >= 0.6 is 0 Å². The van der Waals surface area contributed by atoms with Gasteiger partial charge in [-0.15, -0.1) is 0 Å². The molecule has 0 atom stereocenters. The predicted molar refractivity (Wildman–Crippen MR) is 64.8 cm³/mol. The van der Waals surface area contributed by atoms with Crippen LogP contribution in [0.5, 0.6) is 0 Å². The van der Waals surface area contributed by atoms with Crippen molar-refractivity contribution in [1.29, 1.82) is 0 Å². The Kier molecular flexibility index (Phi) is 3.36. The molecule has 1 saturated heterocycles. The van der Waals surface area contributed by atoms with Crippen LogP contribution in [-0.4, -0.2) is 30.1 Å². The van der Waals surface area contributed by atoms with E-state index in [1.165, 1.54) is 51.6 Å². The normalized spacial score (nSPS) is 36.2. The second-order valence-electron chi connectivity index (χ2n) is 5.68. The van der Waals surface area contributed by atoms with Crippen molar-refractivity contribution in [3.63, 3.8) is 0 Å². The van der Waals surface area contributed by atoms with E-state index in [9.17, 15) is 0 Å². The van der Waals surface area contributed by atoms with Gasteiger partial charge in [0.05, 0.1) is 0 Å². The van der Waals surface area contributed by atoms with Gasteiger partial charge in [0.2, 0.25) is 0 Å². The van der Waals surface area contributed by atoms with Crippen LogP contribution in [0, 0.1) is 5.41 Å². The highest BCUT2D eigenvalue weighted by Crippen LogP contribution is 2.40. The Hall–Kier alpha value is -0.0800. The van der Waals surface area contributed by atoms with Crippen LogP contribution in [0.15, 0.2) is 0 Å². The van der Waals surface area contributed by atoms with E-state index in [1.807, 2.05) is 0 Å². The SMILES string of the molecule is CCC1(CC)CN(C2CCC(N)CC2)C1. The lowest BCUT2D eigenvalue weighted by atomic mass is 9.73. The Morgan fingerprint density at radius 3 is 2.07 bits per heavy atom. The Morgan fingerprint density at radius 2 is 1.60 bits per heavy atom. The fourth-order valence-electron chi connectivity index (χ4n) is 3.24. The van der Waals surface area contributed by atoms with Crippen LogP contribution in [0.4, 0.5) is 0 Å². The van der Waals surface area contributed by atoms with E-state index >= 15 is 0 Å². The average molecular weight is 210 g/mol. The van der Waals surface area contributed by atoms with E-state index in [0.717, 1.165) is 6.04 Å². The summed E-state index contributed by atoms with van der Waals surface area (Å²) >= 11 is 0. The van der Waals surface area contributed by atoms with Crippen molar-refractivity contribution < 1.29 is 0 Å². The molecule has 1 aliphatic heterocycles. The summed E-state index contributed by atoms with van der Waals surface area (Å²) in [5.41, 5.74) is 6.61. The third-order valence-electron chi connectivity index (χ3n) is 4.83. The van der Waals surface area contributed by atoms with Gasteiger partial charge in [-0.25, -0.2) is 0 Å². The number of nitrogens with two attached hydrogens (primary N) is 1. The van der Waals surface area contributed by atoms with Gasteiger partial charge in [0.15, 0.2) is 0 Å². The van der Waals surface area contributed by atoms with E-state index in [1.54, 1.807) is 0 Å². The van der Waals surface area contributed by atoms with Crippen LogP contribution in [0.3, 0.4) is 0 Å². The van der Waals surface area contributed by atoms with E-state index in [2.05, 4.69) is 18.7 Å². The molecule has 1 heterocycles. The summed E-state index contributed by atoms with van der Waals surface area (Å²) < 4.78 is 0. The molecule has 0 spiro atoms. The van der Waals surface area contributed by atoms with Gasteiger partial charge in [0.25, 0.3) is 0 Å². The molecule has 0 aromatic heterocycles. The molecule has 15 heavy (non-hydrogen) atoms. The number of nitrogens with zero attached hydrogens (tertiary/aromatic N) is 1. The van der Waals surface area contributed by atoms with Crippen LogP contribution in [0.25, 0.3) is 0 Å². The molecular formula is C13H26N2. The minimum atomic E-state index is 0.490. The second-order valence-corrected chi connectivity index (χ2v) is 5.68. The zero-order valence-electron chi connectivity index (χ0n) is 10.3. The van der Waals surface area contributed by atoms with Gasteiger partial charge in [-0.05, 0) is 43.9 Å². The van der Waals surface area contributed by atoms with Crippen LogP contribution in [-0.2, 0) is 0 Å². The van der Waals surface area contributed by atoms with E-state index in [-0.39, 0.29) is 0 Å². The smallest absolute Gasteiger partial charge is 0.00968 e. The van der Waals surface area contributed by atoms with Crippen molar-refractivity contribution in [1.82, 2.24) is 4.90 Å². The summed E-state index contributed by atoms with van der Waals surface area (Å²) in [4.78, 5) is 2.71. The van der Waals surface area contributed by atoms with Crippen molar-refractivity contribution in [2.24, 2.45) is 11.1 Å². The number of likely N-dealkylation sites (tertiary alicyclic amines) is 1. The molecule has 2 rings (SSSR count). The summed E-state index contributed by atoms with van der Waals surface area (Å²) in [6, 6.07) is 1.35. The first kappa shape index (κ1) is 11.4. The molecule has 0 aromatic rings. The molecule has 2 heteroatoms. The Bertz CT molecular complexity index is 195. The van der Waals surface area contributed by atoms with Gasteiger partial charge in [0.1, 0.15) is 0 Å². The molecule has 0 bridgehead atoms. The Balaban J connectivity index is 1.79.